The lowest BCUT2D eigenvalue weighted by Gasteiger charge is -2.29. The summed E-state index contributed by atoms with van der Waals surface area (Å²) in [5.74, 6) is 0.0910. The van der Waals surface area contributed by atoms with E-state index in [4.69, 9.17) is 0 Å². The van der Waals surface area contributed by atoms with Crippen molar-refractivity contribution in [2.45, 2.75) is 50.6 Å². The molecule has 0 aromatic heterocycles. The maximum atomic E-state index is 12.2. The smallest absolute Gasteiger partial charge is 0.234 e. The Balaban J connectivity index is 1.89. The van der Waals surface area contributed by atoms with E-state index in [0.717, 1.165) is 18.4 Å². The maximum absolute atomic E-state index is 12.2. The highest BCUT2D eigenvalue weighted by molar-refractivity contribution is 5.78. The normalized spacial score (nSPS) is 17.4. The standard InChI is InChI=1S/C18H28N2O2/c1-20(14-18(22)19-16-10-6-3-7-11-16)17(12-13-21)15-8-4-2-5-9-15/h2,4-5,8-9,16-17,21H,3,6-7,10-14H2,1H3,(H,19,22). The number of hydrogen-bond donors (Lipinski definition) is 2. The van der Waals surface area contributed by atoms with Gasteiger partial charge < -0.3 is 10.4 Å². The fraction of sp³-hybridized carbons (Fsp3) is 0.611. The van der Waals surface area contributed by atoms with Crippen LogP contribution in [0.3, 0.4) is 0 Å². The van der Waals surface area contributed by atoms with E-state index >= 15 is 0 Å². The zero-order chi connectivity index (χ0) is 15.8. The number of benzene rings is 1. The molecular formula is C18H28N2O2. The van der Waals surface area contributed by atoms with Crippen molar-refractivity contribution in [1.82, 2.24) is 10.2 Å². The molecule has 1 aromatic carbocycles. The highest BCUT2D eigenvalue weighted by Crippen LogP contribution is 2.22. The Labute approximate surface area is 133 Å². The first kappa shape index (κ1) is 17.0. The van der Waals surface area contributed by atoms with E-state index in [1.165, 1.54) is 19.3 Å². The van der Waals surface area contributed by atoms with Crippen LogP contribution < -0.4 is 5.32 Å². The van der Waals surface area contributed by atoms with Crippen LogP contribution in [0.5, 0.6) is 0 Å². The van der Waals surface area contributed by atoms with Crippen molar-refractivity contribution >= 4 is 5.91 Å². The molecule has 0 heterocycles. The van der Waals surface area contributed by atoms with Crippen LogP contribution in [-0.2, 0) is 4.79 Å². The molecule has 122 valence electrons. The molecule has 0 saturated heterocycles. The van der Waals surface area contributed by atoms with Gasteiger partial charge in [-0.1, -0.05) is 49.6 Å². The van der Waals surface area contributed by atoms with Gasteiger partial charge in [0.05, 0.1) is 6.54 Å². The lowest BCUT2D eigenvalue weighted by molar-refractivity contribution is -0.123. The topological polar surface area (TPSA) is 52.6 Å². The number of aliphatic hydroxyl groups is 1. The van der Waals surface area contributed by atoms with Crippen molar-refractivity contribution in [1.29, 1.82) is 0 Å². The van der Waals surface area contributed by atoms with Crippen LogP contribution in [0.4, 0.5) is 0 Å². The summed E-state index contributed by atoms with van der Waals surface area (Å²) in [7, 11) is 1.95. The molecule has 4 nitrogen and oxygen atoms in total. The summed E-state index contributed by atoms with van der Waals surface area (Å²) < 4.78 is 0. The Morgan fingerprint density at radius 2 is 1.95 bits per heavy atom. The van der Waals surface area contributed by atoms with Crippen LogP contribution in [0, 0.1) is 0 Å². The second-order valence-corrected chi connectivity index (χ2v) is 6.26. The van der Waals surface area contributed by atoms with E-state index in [0.29, 0.717) is 19.0 Å². The molecule has 1 aliphatic carbocycles. The molecule has 4 heteroatoms. The molecule has 0 radical (unpaired) electrons. The zero-order valence-electron chi connectivity index (χ0n) is 13.5. The minimum Gasteiger partial charge on any atom is -0.396 e. The van der Waals surface area contributed by atoms with Crippen LogP contribution in [-0.4, -0.2) is 42.2 Å². The number of carbonyl (C=O) groups is 1. The van der Waals surface area contributed by atoms with Gasteiger partial charge in [-0.05, 0) is 31.9 Å². The summed E-state index contributed by atoms with van der Waals surface area (Å²) in [4.78, 5) is 14.3. The first-order valence-electron chi connectivity index (χ1n) is 8.36. The molecule has 22 heavy (non-hydrogen) atoms. The zero-order valence-corrected chi connectivity index (χ0v) is 13.5. The molecule has 1 atom stereocenters. The maximum Gasteiger partial charge on any atom is 0.234 e. The minimum absolute atomic E-state index is 0.0725. The van der Waals surface area contributed by atoms with Crippen molar-refractivity contribution in [2.75, 3.05) is 20.2 Å². The first-order valence-corrected chi connectivity index (χ1v) is 8.36. The summed E-state index contributed by atoms with van der Waals surface area (Å²) >= 11 is 0. The van der Waals surface area contributed by atoms with E-state index in [2.05, 4.69) is 17.4 Å². The Bertz CT molecular complexity index is 444. The number of amides is 1. The average molecular weight is 304 g/mol. The van der Waals surface area contributed by atoms with Crippen molar-refractivity contribution < 1.29 is 9.90 Å². The molecule has 1 aromatic rings. The Morgan fingerprint density at radius 3 is 2.59 bits per heavy atom. The Morgan fingerprint density at radius 1 is 1.27 bits per heavy atom. The third-order valence-electron chi connectivity index (χ3n) is 4.48. The van der Waals surface area contributed by atoms with Gasteiger partial charge in [0, 0.05) is 18.7 Å². The van der Waals surface area contributed by atoms with Gasteiger partial charge in [-0.25, -0.2) is 0 Å². The number of aliphatic hydroxyl groups excluding tert-OH is 1. The summed E-state index contributed by atoms with van der Waals surface area (Å²) in [6.45, 7) is 0.490. The Kier molecular flexibility index (Phi) is 6.87. The number of hydrogen-bond acceptors (Lipinski definition) is 3. The second-order valence-electron chi connectivity index (χ2n) is 6.26. The highest BCUT2D eigenvalue weighted by Gasteiger charge is 2.21. The largest absolute Gasteiger partial charge is 0.396 e. The monoisotopic (exact) mass is 304 g/mol. The number of nitrogens with zero attached hydrogens (tertiary/aromatic N) is 1. The molecule has 1 fully saturated rings. The molecule has 1 aliphatic rings. The molecule has 2 rings (SSSR count). The third kappa shape index (κ3) is 5.11. The van der Waals surface area contributed by atoms with Gasteiger partial charge in [-0.3, -0.25) is 9.69 Å². The predicted molar refractivity (Wildman–Crippen MR) is 88.5 cm³/mol. The van der Waals surface area contributed by atoms with E-state index in [1.54, 1.807) is 0 Å². The van der Waals surface area contributed by atoms with Crippen molar-refractivity contribution in [3.05, 3.63) is 35.9 Å². The second kappa shape index (κ2) is 8.91. The van der Waals surface area contributed by atoms with Crippen molar-refractivity contribution in [2.24, 2.45) is 0 Å². The van der Waals surface area contributed by atoms with E-state index in [1.807, 2.05) is 30.1 Å². The SMILES string of the molecule is CN(CC(=O)NC1CCCCC1)C(CCO)c1ccccc1. The molecule has 0 aliphatic heterocycles. The molecule has 2 N–H and O–H groups in total. The molecule has 1 saturated carbocycles. The van der Waals surface area contributed by atoms with E-state index in [9.17, 15) is 9.90 Å². The molecular weight excluding hydrogens is 276 g/mol. The fourth-order valence-electron chi connectivity index (χ4n) is 3.30. The molecule has 0 bridgehead atoms. The van der Waals surface area contributed by atoms with Crippen molar-refractivity contribution in [3.8, 4) is 0 Å². The number of nitrogens with one attached hydrogen (secondary N) is 1. The fourth-order valence-corrected chi connectivity index (χ4v) is 3.30. The van der Waals surface area contributed by atoms with E-state index in [-0.39, 0.29) is 18.6 Å². The quantitative estimate of drug-likeness (QED) is 0.814. The van der Waals surface area contributed by atoms with Gasteiger partial charge in [-0.2, -0.15) is 0 Å². The van der Waals surface area contributed by atoms with Gasteiger partial charge in [-0.15, -0.1) is 0 Å². The molecule has 1 amide bonds. The lowest BCUT2D eigenvalue weighted by Crippen LogP contribution is -2.42. The number of rotatable bonds is 7. The summed E-state index contributed by atoms with van der Waals surface area (Å²) in [6.07, 6.45) is 6.58. The van der Waals surface area contributed by atoms with Gasteiger partial charge in [0.25, 0.3) is 0 Å². The predicted octanol–water partition coefficient (Wildman–Crippen LogP) is 2.49. The lowest BCUT2D eigenvalue weighted by atomic mass is 9.95. The highest BCUT2D eigenvalue weighted by atomic mass is 16.3. The third-order valence-corrected chi connectivity index (χ3v) is 4.48. The minimum atomic E-state index is 0.0725. The summed E-state index contributed by atoms with van der Waals surface area (Å²) in [5.41, 5.74) is 1.14. The van der Waals surface area contributed by atoms with Gasteiger partial charge in [0.15, 0.2) is 0 Å². The Hall–Kier alpha value is -1.39. The van der Waals surface area contributed by atoms with Crippen LogP contribution in [0.2, 0.25) is 0 Å². The van der Waals surface area contributed by atoms with Crippen LogP contribution in [0.25, 0.3) is 0 Å². The van der Waals surface area contributed by atoms with Crippen LogP contribution in [0.15, 0.2) is 30.3 Å². The molecule has 0 spiro atoms. The average Bonchev–Trinajstić information content (AvgIpc) is 2.54. The van der Waals surface area contributed by atoms with Crippen molar-refractivity contribution in [3.63, 3.8) is 0 Å². The van der Waals surface area contributed by atoms with Gasteiger partial charge in [0.1, 0.15) is 0 Å². The number of likely N-dealkylation sites (N-methyl/N-ethyl adjacent to an activating group) is 1. The molecule has 1 unspecified atom stereocenters. The number of carbonyl (C=O) groups excluding carboxylic acids is 1. The summed E-state index contributed by atoms with van der Waals surface area (Å²) in [6, 6.07) is 10.5. The van der Waals surface area contributed by atoms with Gasteiger partial charge in [0.2, 0.25) is 5.91 Å². The first-order chi connectivity index (χ1) is 10.7. The van der Waals surface area contributed by atoms with E-state index < -0.39 is 0 Å². The summed E-state index contributed by atoms with van der Waals surface area (Å²) in [5, 5.41) is 12.5. The van der Waals surface area contributed by atoms with Crippen LogP contribution >= 0.6 is 0 Å². The van der Waals surface area contributed by atoms with Crippen LogP contribution in [0.1, 0.15) is 50.1 Å². The van der Waals surface area contributed by atoms with Gasteiger partial charge >= 0.3 is 0 Å².